The maximum Gasteiger partial charge on any atom is 0.145 e. The second-order valence-electron chi connectivity index (χ2n) is 6.59. The van der Waals surface area contributed by atoms with Gasteiger partial charge >= 0.3 is 0 Å². The largest absolute Gasteiger partial charge is 0.389 e. The summed E-state index contributed by atoms with van der Waals surface area (Å²) in [6, 6.07) is 8.15. The predicted octanol–water partition coefficient (Wildman–Crippen LogP) is 4.11. The quantitative estimate of drug-likeness (QED) is 0.839. The molecule has 0 aromatic heterocycles. The van der Waals surface area contributed by atoms with Crippen molar-refractivity contribution in [3.63, 3.8) is 0 Å². The van der Waals surface area contributed by atoms with Crippen LogP contribution in [0.25, 0.3) is 0 Å². The van der Waals surface area contributed by atoms with Crippen LogP contribution in [0, 0.1) is 5.92 Å². The highest BCUT2D eigenvalue weighted by Crippen LogP contribution is 2.36. The van der Waals surface area contributed by atoms with Gasteiger partial charge in [0.15, 0.2) is 0 Å². The predicted molar refractivity (Wildman–Crippen MR) is 86.7 cm³/mol. The van der Waals surface area contributed by atoms with Gasteiger partial charge in [0.2, 0.25) is 0 Å². The first kappa shape index (κ1) is 14.9. The molecule has 2 aliphatic rings. The molecule has 0 bridgehead atoms. The van der Waals surface area contributed by atoms with Crippen LogP contribution >= 0.6 is 11.6 Å². The first-order valence-corrected chi connectivity index (χ1v) is 8.16. The first-order chi connectivity index (χ1) is 10.1. The average Bonchev–Trinajstić information content (AvgIpc) is 2.89. The smallest absolute Gasteiger partial charge is 0.145 e. The molecule has 0 atom stereocenters. The molecule has 1 aromatic rings. The molecule has 21 heavy (non-hydrogen) atoms. The Morgan fingerprint density at radius 3 is 2.48 bits per heavy atom. The summed E-state index contributed by atoms with van der Waals surface area (Å²) in [5, 5.41) is 5.11. The van der Waals surface area contributed by atoms with E-state index in [1.165, 1.54) is 11.3 Å². The molecule has 0 amide bonds. The number of oxime groups is 1. The summed E-state index contributed by atoms with van der Waals surface area (Å²) < 4.78 is 0. The van der Waals surface area contributed by atoms with Crippen molar-refractivity contribution in [3.8, 4) is 0 Å². The Morgan fingerprint density at radius 1 is 1.24 bits per heavy atom. The molecule has 1 aromatic carbocycles. The SMILES string of the molecule is CC(C)C1=NOC2(CCN(Cc3ccc(Cl)cc3)CC2)C1. The molecule has 0 N–H and O–H groups in total. The van der Waals surface area contributed by atoms with E-state index in [1.807, 2.05) is 12.1 Å². The van der Waals surface area contributed by atoms with Crippen molar-refractivity contribution in [1.82, 2.24) is 4.90 Å². The summed E-state index contributed by atoms with van der Waals surface area (Å²) in [7, 11) is 0. The minimum Gasteiger partial charge on any atom is -0.389 e. The van der Waals surface area contributed by atoms with Crippen molar-refractivity contribution in [2.45, 2.75) is 45.3 Å². The van der Waals surface area contributed by atoms with Gasteiger partial charge in [0.1, 0.15) is 5.60 Å². The van der Waals surface area contributed by atoms with E-state index in [1.54, 1.807) is 0 Å². The zero-order valence-electron chi connectivity index (χ0n) is 12.8. The Balaban J connectivity index is 1.53. The maximum atomic E-state index is 5.93. The van der Waals surface area contributed by atoms with E-state index >= 15 is 0 Å². The summed E-state index contributed by atoms with van der Waals surface area (Å²) in [5.74, 6) is 0.497. The van der Waals surface area contributed by atoms with Gasteiger partial charge in [-0.1, -0.05) is 42.7 Å². The van der Waals surface area contributed by atoms with Crippen LogP contribution in [-0.4, -0.2) is 29.3 Å². The molecule has 4 heteroatoms. The summed E-state index contributed by atoms with van der Waals surface area (Å²) in [5.41, 5.74) is 2.53. The molecule has 1 fully saturated rings. The summed E-state index contributed by atoms with van der Waals surface area (Å²) in [6.45, 7) is 7.52. The fourth-order valence-electron chi connectivity index (χ4n) is 3.09. The number of likely N-dealkylation sites (tertiary alicyclic amines) is 1. The van der Waals surface area contributed by atoms with Crippen molar-refractivity contribution in [3.05, 3.63) is 34.9 Å². The third-order valence-corrected chi connectivity index (χ3v) is 4.86. The minimum atomic E-state index is -0.0178. The van der Waals surface area contributed by atoms with Crippen LogP contribution in [0.15, 0.2) is 29.4 Å². The minimum absolute atomic E-state index is 0.0178. The fraction of sp³-hybridized carbons (Fsp3) is 0.588. The van der Waals surface area contributed by atoms with Crippen molar-refractivity contribution in [1.29, 1.82) is 0 Å². The highest BCUT2D eigenvalue weighted by atomic mass is 35.5. The third kappa shape index (κ3) is 3.41. The van der Waals surface area contributed by atoms with Crippen molar-refractivity contribution < 1.29 is 4.84 Å². The Morgan fingerprint density at radius 2 is 1.90 bits per heavy atom. The molecule has 0 aliphatic carbocycles. The van der Waals surface area contributed by atoms with Gasteiger partial charge < -0.3 is 4.84 Å². The average molecular weight is 307 g/mol. The van der Waals surface area contributed by atoms with Crippen LogP contribution in [0.4, 0.5) is 0 Å². The highest BCUT2D eigenvalue weighted by Gasteiger charge is 2.42. The van der Waals surface area contributed by atoms with Gasteiger partial charge in [-0.2, -0.15) is 0 Å². The van der Waals surface area contributed by atoms with Gasteiger partial charge in [0.25, 0.3) is 0 Å². The number of nitrogens with zero attached hydrogens (tertiary/aromatic N) is 2. The molecule has 0 saturated carbocycles. The molecule has 3 rings (SSSR count). The van der Waals surface area contributed by atoms with E-state index in [0.29, 0.717) is 5.92 Å². The normalized spacial score (nSPS) is 21.6. The zero-order chi connectivity index (χ0) is 14.9. The summed E-state index contributed by atoms with van der Waals surface area (Å²) >= 11 is 5.93. The van der Waals surface area contributed by atoms with Crippen LogP contribution in [0.3, 0.4) is 0 Å². The van der Waals surface area contributed by atoms with Crippen LogP contribution < -0.4 is 0 Å². The lowest BCUT2D eigenvalue weighted by Gasteiger charge is -2.37. The molecule has 3 nitrogen and oxygen atoms in total. The lowest BCUT2D eigenvalue weighted by Crippen LogP contribution is -2.44. The van der Waals surface area contributed by atoms with E-state index in [4.69, 9.17) is 16.4 Å². The van der Waals surface area contributed by atoms with Gasteiger partial charge in [-0.15, -0.1) is 0 Å². The zero-order valence-corrected chi connectivity index (χ0v) is 13.6. The van der Waals surface area contributed by atoms with Crippen molar-refractivity contribution >= 4 is 17.3 Å². The fourth-order valence-corrected chi connectivity index (χ4v) is 3.22. The lowest BCUT2D eigenvalue weighted by molar-refractivity contribution is -0.0627. The van der Waals surface area contributed by atoms with E-state index in [2.05, 4.69) is 36.0 Å². The van der Waals surface area contributed by atoms with E-state index < -0.39 is 0 Å². The maximum absolute atomic E-state index is 5.93. The number of hydrogen-bond acceptors (Lipinski definition) is 3. The number of benzene rings is 1. The van der Waals surface area contributed by atoms with E-state index in [0.717, 1.165) is 43.9 Å². The summed E-state index contributed by atoms with van der Waals surface area (Å²) in [4.78, 5) is 8.30. The number of piperidine rings is 1. The van der Waals surface area contributed by atoms with Gasteiger partial charge in [0.05, 0.1) is 5.71 Å². The molecule has 0 radical (unpaired) electrons. The Hall–Kier alpha value is -1.06. The van der Waals surface area contributed by atoms with Crippen molar-refractivity contribution in [2.75, 3.05) is 13.1 Å². The van der Waals surface area contributed by atoms with Gasteiger partial charge in [-0.3, -0.25) is 4.90 Å². The van der Waals surface area contributed by atoms with Crippen LogP contribution in [0.1, 0.15) is 38.7 Å². The molecular weight excluding hydrogens is 284 g/mol. The van der Waals surface area contributed by atoms with Gasteiger partial charge in [-0.25, -0.2) is 0 Å². The number of halogens is 1. The Kier molecular flexibility index (Phi) is 4.23. The molecule has 114 valence electrons. The third-order valence-electron chi connectivity index (χ3n) is 4.61. The lowest BCUT2D eigenvalue weighted by atomic mass is 9.84. The van der Waals surface area contributed by atoms with Crippen LogP contribution in [-0.2, 0) is 11.4 Å². The standard InChI is InChI=1S/C17H23ClN2O/c1-13(2)16-11-17(21-19-16)7-9-20(10-8-17)12-14-3-5-15(18)6-4-14/h3-6,13H,7-12H2,1-2H3. The molecule has 2 aliphatic heterocycles. The Bertz CT molecular complexity index is 516. The highest BCUT2D eigenvalue weighted by molar-refractivity contribution is 6.30. The molecule has 2 heterocycles. The van der Waals surface area contributed by atoms with E-state index in [9.17, 15) is 0 Å². The van der Waals surface area contributed by atoms with Gasteiger partial charge in [-0.05, 0) is 23.6 Å². The number of hydrogen-bond donors (Lipinski definition) is 0. The van der Waals surface area contributed by atoms with E-state index in [-0.39, 0.29) is 5.60 Å². The van der Waals surface area contributed by atoms with Crippen LogP contribution in [0.2, 0.25) is 5.02 Å². The van der Waals surface area contributed by atoms with Gasteiger partial charge in [0, 0.05) is 43.9 Å². The second kappa shape index (κ2) is 5.98. The molecule has 1 spiro atoms. The molecule has 1 saturated heterocycles. The molecular formula is C17H23ClN2O. The number of rotatable bonds is 3. The summed E-state index contributed by atoms with van der Waals surface area (Å²) in [6.07, 6.45) is 3.15. The monoisotopic (exact) mass is 306 g/mol. The van der Waals surface area contributed by atoms with Crippen molar-refractivity contribution in [2.24, 2.45) is 11.1 Å². The van der Waals surface area contributed by atoms with Crippen LogP contribution in [0.5, 0.6) is 0 Å². The topological polar surface area (TPSA) is 24.8 Å². The molecule has 0 unspecified atom stereocenters. The second-order valence-corrected chi connectivity index (χ2v) is 7.03. The first-order valence-electron chi connectivity index (χ1n) is 7.78. The Labute approximate surface area is 131 Å².